The molecule has 3 heterocycles. The average molecular weight is 508 g/mol. The van der Waals surface area contributed by atoms with Gasteiger partial charge in [0.25, 0.3) is 0 Å². The number of aromatic nitrogens is 3. The van der Waals surface area contributed by atoms with Crippen molar-refractivity contribution < 1.29 is 12.8 Å². The van der Waals surface area contributed by atoms with Crippen LogP contribution in [0.25, 0.3) is 16.6 Å². The Balaban J connectivity index is 1.53. The summed E-state index contributed by atoms with van der Waals surface area (Å²) in [6, 6.07) is 13.6. The first kappa shape index (κ1) is 24.5. The van der Waals surface area contributed by atoms with E-state index in [9.17, 15) is 12.8 Å². The Kier molecular flexibility index (Phi) is 6.63. The van der Waals surface area contributed by atoms with Crippen LogP contribution in [-0.2, 0) is 10.0 Å². The van der Waals surface area contributed by atoms with E-state index in [0.717, 1.165) is 34.3 Å². The predicted octanol–water partition coefficient (Wildman–Crippen LogP) is 4.57. The van der Waals surface area contributed by atoms with E-state index in [1.165, 1.54) is 18.3 Å². The third kappa shape index (κ3) is 4.66. The zero-order valence-electron chi connectivity index (χ0n) is 20.7. The van der Waals surface area contributed by atoms with Crippen LogP contribution in [0.15, 0.2) is 72.0 Å². The van der Waals surface area contributed by atoms with Crippen LogP contribution in [0.4, 0.5) is 4.39 Å². The van der Waals surface area contributed by atoms with E-state index in [1.807, 2.05) is 0 Å². The van der Waals surface area contributed by atoms with Gasteiger partial charge in [0.1, 0.15) is 10.7 Å². The third-order valence-electron chi connectivity index (χ3n) is 6.71. The molecule has 5 rings (SSSR count). The van der Waals surface area contributed by atoms with Crippen molar-refractivity contribution in [1.29, 1.82) is 0 Å². The van der Waals surface area contributed by atoms with Crippen LogP contribution < -0.4 is 0 Å². The molecule has 1 aliphatic heterocycles. The summed E-state index contributed by atoms with van der Waals surface area (Å²) in [6.45, 7) is 8.73. The highest BCUT2D eigenvalue weighted by molar-refractivity contribution is 7.89. The van der Waals surface area contributed by atoms with Crippen molar-refractivity contribution in [2.45, 2.75) is 31.7 Å². The first-order valence-electron chi connectivity index (χ1n) is 12.1. The predicted molar refractivity (Wildman–Crippen MR) is 138 cm³/mol. The van der Waals surface area contributed by atoms with Crippen molar-refractivity contribution in [3.63, 3.8) is 0 Å². The zero-order chi connectivity index (χ0) is 25.4. The Labute approximate surface area is 211 Å². The molecule has 0 saturated carbocycles. The van der Waals surface area contributed by atoms with Gasteiger partial charge >= 0.3 is 0 Å². The molecule has 0 radical (unpaired) electrons. The number of hydrogen-bond donors (Lipinski definition) is 0. The summed E-state index contributed by atoms with van der Waals surface area (Å²) in [5.74, 6) is 0.154. The second-order valence-electron chi connectivity index (χ2n) is 9.76. The Morgan fingerprint density at radius 2 is 1.86 bits per heavy atom. The molecule has 0 amide bonds. The van der Waals surface area contributed by atoms with Gasteiger partial charge in [-0.15, -0.1) is 0 Å². The van der Waals surface area contributed by atoms with Crippen molar-refractivity contribution in [2.75, 3.05) is 26.2 Å². The second kappa shape index (κ2) is 9.72. The second-order valence-corrected chi connectivity index (χ2v) is 11.7. The third-order valence-corrected chi connectivity index (χ3v) is 8.56. The van der Waals surface area contributed by atoms with Gasteiger partial charge in [-0.25, -0.2) is 17.5 Å². The fraction of sp³-hybridized carbons (Fsp3) is 0.333. The van der Waals surface area contributed by atoms with Crippen molar-refractivity contribution in [1.82, 2.24) is 24.0 Å². The van der Waals surface area contributed by atoms with Crippen LogP contribution in [0.3, 0.4) is 0 Å². The molecule has 1 aliphatic rings. The first-order valence-corrected chi connectivity index (χ1v) is 13.6. The zero-order valence-corrected chi connectivity index (χ0v) is 21.5. The van der Waals surface area contributed by atoms with Crippen molar-refractivity contribution >= 4 is 20.9 Å². The number of fused-ring (bicyclic) bond motifs is 1. The molecule has 1 atom stereocenters. The van der Waals surface area contributed by atoms with Crippen LogP contribution in [-0.4, -0.2) is 58.6 Å². The molecule has 0 spiro atoms. The van der Waals surface area contributed by atoms with Gasteiger partial charge in [-0.1, -0.05) is 13.8 Å². The number of benzene rings is 2. The van der Waals surface area contributed by atoms with Gasteiger partial charge in [-0.2, -0.15) is 9.40 Å². The highest BCUT2D eigenvalue weighted by atomic mass is 32.2. The molecule has 4 aromatic rings. The van der Waals surface area contributed by atoms with Crippen LogP contribution in [0.2, 0.25) is 0 Å². The van der Waals surface area contributed by atoms with Gasteiger partial charge in [0.05, 0.1) is 17.4 Å². The fourth-order valence-electron chi connectivity index (χ4n) is 4.99. The highest BCUT2D eigenvalue weighted by Crippen LogP contribution is 2.34. The summed E-state index contributed by atoms with van der Waals surface area (Å²) in [5, 5.41) is 5.51. The van der Waals surface area contributed by atoms with Crippen LogP contribution >= 0.6 is 0 Å². The number of nitrogens with zero attached hydrogens (tertiary/aromatic N) is 5. The molecule has 0 N–H and O–H groups in total. The van der Waals surface area contributed by atoms with E-state index in [2.05, 4.69) is 47.9 Å². The Morgan fingerprint density at radius 1 is 1.08 bits per heavy atom. The van der Waals surface area contributed by atoms with Gasteiger partial charge in [-0.05, 0) is 72.5 Å². The van der Waals surface area contributed by atoms with E-state index < -0.39 is 10.0 Å². The maximum atomic E-state index is 13.4. The van der Waals surface area contributed by atoms with Crippen LogP contribution in [0.1, 0.15) is 31.0 Å². The molecule has 9 heteroatoms. The molecule has 36 heavy (non-hydrogen) atoms. The van der Waals surface area contributed by atoms with Gasteiger partial charge in [0.2, 0.25) is 10.0 Å². The SMILES string of the molecule is Cc1cc2c(cnn2-c2ccc(F)cc2)cc1C1CN(S(=O)(=O)c2cccnc2)CCN1CC(C)C. The van der Waals surface area contributed by atoms with Gasteiger partial charge in [0.15, 0.2) is 0 Å². The molecule has 2 aromatic carbocycles. The highest BCUT2D eigenvalue weighted by Gasteiger charge is 2.36. The summed E-state index contributed by atoms with van der Waals surface area (Å²) in [7, 11) is -3.65. The molecule has 0 aliphatic carbocycles. The maximum Gasteiger partial charge on any atom is 0.244 e. The molecule has 0 bridgehead atoms. The normalized spacial score (nSPS) is 17.8. The Morgan fingerprint density at radius 3 is 2.56 bits per heavy atom. The van der Waals surface area contributed by atoms with Crippen molar-refractivity contribution in [3.8, 4) is 5.69 Å². The lowest BCUT2D eigenvalue weighted by Crippen LogP contribution is -2.51. The number of piperazine rings is 1. The Bertz CT molecular complexity index is 1470. The minimum absolute atomic E-state index is 0.0915. The van der Waals surface area contributed by atoms with E-state index in [1.54, 1.807) is 45.6 Å². The monoisotopic (exact) mass is 507 g/mol. The minimum atomic E-state index is -3.65. The van der Waals surface area contributed by atoms with Gasteiger partial charge in [0, 0.05) is 50.0 Å². The Hall–Kier alpha value is -3.14. The summed E-state index contributed by atoms with van der Waals surface area (Å²) in [6.07, 6.45) is 4.79. The molecular weight excluding hydrogens is 477 g/mol. The topological polar surface area (TPSA) is 71.3 Å². The minimum Gasteiger partial charge on any atom is -0.293 e. The summed E-state index contributed by atoms with van der Waals surface area (Å²) >= 11 is 0. The maximum absolute atomic E-state index is 13.4. The van der Waals surface area contributed by atoms with Gasteiger partial charge in [-0.3, -0.25) is 9.88 Å². The summed E-state index contributed by atoms with van der Waals surface area (Å²) in [4.78, 5) is 6.62. The van der Waals surface area contributed by atoms with Gasteiger partial charge < -0.3 is 0 Å². The molecule has 7 nitrogen and oxygen atoms in total. The van der Waals surface area contributed by atoms with E-state index >= 15 is 0 Å². The van der Waals surface area contributed by atoms with Crippen LogP contribution in [0, 0.1) is 18.7 Å². The number of sulfonamides is 1. The molecule has 1 fully saturated rings. The standard InChI is InChI=1S/C27H30FN5O2S/c1-19(2)17-31-11-12-32(36(34,35)24-5-4-10-29-16-24)18-27(31)25-14-21-15-30-33(26(21)13-20(25)3)23-8-6-22(28)7-9-23/h4-10,13-16,19,27H,11-12,17-18H2,1-3H3. The largest absolute Gasteiger partial charge is 0.293 e. The van der Waals surface area contributed by atoms with Crippen molar-refractivity contribution in [2.24, 2.45) is 5.92 Å². The molecule has 2 aromatic heterocycles. The van der Waals surface area contributed by atoms with E-state index in [4.69, 9.17) is 0 Å². The number of pyridine rings is 1. The number of halogens is 1. The quantitative estimate of drug-likeness (QED) is 0.382. The first-order chi connectivity index (χ1) is 17.2. The smallest absolute Gasteiger partial charge is 0.244 e. The summed E-state index contributed by atoms with van der Waals surface area (Å²) in [5.41, 5.74) is 3.86. The number of hydrogen-bond acceptors (Lipinski definition) is 5. The number of aryl methyl sites for hydroxylation is 1. The molecule has 1 saturated heterocycles. The lowest BCUT2D eigenvalue weighted by molar-refractivity contribution is 0.105. The lowest BCUT2D eigenvalue weighted by atomic mass is 9.96. The fourth-order valence-corrected chi connectivity index (χ4v) is 6.39. The average Bonchev–Trinajstić information content (AvgIpc) is 3.27. The number of rotatable bonds is 6. The molecule has 188 valence electrons. The lowest BCUT2D eigenvalue weighted by Gasteiger charge is -2.42. The van der Waals surface area contributed by atoms with E-state index in [0.29, 0.717) is 25.6 Å². The summed E-state index contributed by atoms with van der Waals surface area (Å²) < 4.78 is 43.6. The van der Waals surface area contributed by atoms with Crippen LogP contribution in [0.5, 0.6) is 0 Å². The van der Waals surface area contributed by atoms with Crippen molar-refractivity contribution in [3.05, 3.63) is 84.1 Å². The van der Waals surface area contributed by atoms with E-state index in [-0.39, 0.29) is 16.8 Å². The molecular formula is C27H30FN5O2S. The molecule has 1 unspecified atom stereocenters.